The minimum Gasteiger partial charge on any atom is -0.462 e. The van der Waals surface area contributed by atoms with Crippen LogP contribution in [0.25, 0.3) is 0 Å². The number of hydrogen-bond acceptors (Lipinski definition) is 6. The number of hydrogen-bond donors (Lipinski definition) is 0. The molecule has 0 spiro atoms. The largest absolute Gasteiger partial charge is 0.462 e. The predicted molar refractivity (Wildman–Crippen MR) is 196 cm³/mol. The topological polar surface area (TPSA) is 78.9 Å². The molecule has 6 nitrogen and oxygen atoms in total. The molecule has 1 unspecified atom stereocenters. The summed E-state index contributed by atoms with van der Waals surface area (Å²) in [5, 5.41) is 0. The van der Waals surface area contributed by atoms with Gasteiger partial charge in [0.1, 0.15) is 13.2 Å². The van der Waals surface area contributed by atoms with Crippen LogP contribution in [0, 0.1) is 0 Å². The van der Waals surface area contributed by atoms with Crippen molar-refractivity contribution < 1.29 is 28.6 Å². The Hall–Kier alpha value is -1.85. The summed E-state index contributed by atoms with van der Waals surface area (Å²) in [5.41, 5.74) is 0. The maximum absolute atomic E-state index is 12.6. The van der Waals surface area contributed by atoms with Gasteiger partial charge in [0.05, 0.1) is 0 Å². The molecule has 0 aromatic heterocycles. The van der Waals surface area contributed by atoms with Crippen LogP contribution in [0.4, 0.5) is 0 Å². The van der Waals surface area contributed by atoms with Crippen molar-refractivity contribution in [3.63, 3.8) is 0 Å². The number of carbonyl (C=O) groups is 3. The van der Waals surface area contributed by atoms with Crippen LogP contribution in [0.3, 0.4) is 0 Å². The molecular weight excluding hydrogens is 588 g/mol. The first-order valence-corrected chi connectivity index (χ1v) is 20.2. The normalized spacial score (nSPS) is 12.0. The van der Waals surface area contributed by atoms with E-state index in [1.54, 1.807) is 0 Å². The molecule has 276 valence electrons. The summed E-state index contributed by atoms with van der Waals surface area (Å²) < 4.78 is 16.5. The molecule has 0 heterocycles. The molecule has 0 amide bonds. The summed E-state index contributed by atoms with van der Waals surface area (Å²) in [6, 6.07) is 0. The van der Waals surface area contributed by atoms with Crippen LogP contribution in [-0.2, 0) is 28.6 Å². The molecule has 0 aromatic carbocycles. The second-order valence-corrected chi connectivity index (χ2v) is 13.6. The molecule has 0 fully saturated rings. The second-order valence-electron chi connectivity index (χ2n) is 13.6. The molecule has 0 aromatic rings. The first-order chi connectivity index (χ1) is 23.0. The summed E-state index contributed by atoms with van der Waals surface area (Å²) >= 11 is 0. The van der Waals surface area contributed by atoms with Gasteiger partial charge in [-0.1, -0.05) is 168 Å². The highest BCUT2D eigenvalue weighted by molar-refractivity contribution is 5.71. The number of rotatable bonds is 36. The van der Waals surface area contributed by atoms with E-state index in [1.165, 1.54) is 109 Å². The van der Waals surface area contributed by atoms with Gasteiger partial charge in [0, 0.05) is 19.3 Å². The monoisotopic (exact) mass is 665 g/mol. The summed E-state index contributed by atoms with van der Waals surface area (Å²) in [7, 11) is 0. The molecule has 0 N–H and O–H groups in total. The Balaban J connectivity index is 4.30. The van der Waals surface area contributed by atoms with Gasteiger partial charge < -0.3 is 14.2 Å². The highest BCUT2D eigenvalue weighted by atomic mass is 16.6. The molecule has 0 bridgehead atoms. The quantitative estimate of drug-likeness (QED) is 0.0287. The average molecular weight is 665 g/mol. The number of carbonyl (C=O) groups excluding carboxylic acids is 3. The lowest BCUT2D eigenvalue weighted by Crippen LogP contribution is -2.30. The average Bonchev–Trinajstić information content (AvgIpc) is 3.06. The molecule has 0 aliphatic heterocycles. The molecule has 1 atom stereocenters. The van der Waals surface area contributed by atoms with Gasteiger partial charge in [0.25, 0.3) is 0 Å². The molecule has 6 heteroatoms. The van der Waals surface area contributed by atoms with Gasteiger partial charge in [-0.2, -0.15) is 0 Å². The van der Waals surface area contributed by atoms with E-state index < -0.39 is 6.10 Å². The lowest BCUT2D eigenvalue weighted by atomic mass is 10.0. The summed E-state index contributed by atoms with van der Waals surface area (Å²) in [6.45, 7) is 6.52. The number of esters is 3. The predicted octanol–water partition coefficient (Wildman–Crippen LogP) is 12.3. The first kappa shape index (κ1) is 45.2. The van der Waals surface area contributed by atoms with E-state index >= 15 is 0 Å². The van der Waals surface area contributed by atoms with Crippen LogP contribution >= 0.6 is 0 Å². The van der Waals surface area contributed by atoms with E-state index in [4.69, 9.17) is 14.2 Å². The van der Waals surface area contributed by atoms with E-state index in [0.29, 0.717) is 19.3 Å². The minimum absolute atomic E-state index is 0.0705. The molecule has 0 radical (unpaired) electrons. The molecule has 0 aliphatic rings. The van der Waals surface area contributed by atoms with Crippen molar-refractivity contribution in [3.05, 3.63) is 12.2 Å². The zero-order valence-corrected chi connectivity index (χ0v) is 31.3. The Kier molecular flexibility index (Phi) is 35.5. The smallest absolute Gasteiger partial charge is 0.306 e. The van der Waals surface area contributed by atoms with E-state index in [9.17, 15) is 14.4 Å². The van der Waals surface area contributed by atoms with Crippen molar-refractivity contribution in [2.45, 2.75) is 219 Å². The van der Waals surface area contributed by atoms with Crippen molar-refractivity contribution in [1.82, 2.24) is 0 Å². The van der Waals surface area contributed by atoms with E-state index in [0.717, 1.165) is 64.2 Å². The number of ether oxygens (including phenoxy) is 3. The zero-order chi connectivity index (χ0) is 34.5. The number of allylic oxidation sites excluding steroid dienone is 2. The maximum atomic E-state index is 12.6. The van der Waals surface area contributed by atoms with Crippen LogP contribution in [-0.4, -0.2) is 37.2 Å². The Labute approximate surface area is 290 Å². The molecule has 0 saturated carbocycles. The minimum atomic E-state index is -0.763. The number of unbranched alkanes of at least 4 members (excludes halogenated alkanes) is 23. The summed E-state index contributed by atoms with van der Waals surface area (Å²) in [4.78, 5) is 37.3. The van der Waals surface area contributed by atoms with Crippen LogP contribution in [0.15, 0.2) is 12.2 Å². The van der Waals surface area contributed by atoms with E-state index in [1.807, 2.05) is 0 Å². The van der Waals surface area contributed by atoms with Gasteiger partial charge in [-0.15, -0.1) is 0 Å². The molecular formula is C41H76O6. The van der Waals surface area contributed by atoms with E-state index in [-0.39, 0.29) is 31.1 Å². The molecule has 0 aliphatic carbocycles. The van der Waals surface area contributed by atoms with Crippen molar-refractivity contribution in [1.29, 1.82) is 0 Å². The fraction of sp³-hybridized carbons (Fsp3) is 0.878. The first-order valence-electron chi connectivity index (χ1n) is 20.2. The van der Waals surface area contributed by atoms with Gasteiger partial charge in [-0.25, -0.2) is 0 Å². The fourth-order valence-electron chi connectivity index (χ4n) is 5.66. The third-order valence-electron chi connectivity index (χ3n) is 8.77. The van der Waals surface area contributed by atoms with Crippen molar-refractivity contribution in [3.8, 4) is 0 Å². The van der Waals surface area contributed by atoms with Crippen LogP contribution < -0.4 is 0 Å². The Morgan fingerprint density at radius 3 is 1.13 bits per heavy atom. The zero-order valence-electron chi connectivity index (χ0n) is 31.3. The highest BCUT2D eigenvalue weighted by Crippen LogP contribution is 2.14. The summed E-state index contributed by atoms with van der Waals surface area (Å²) in [6.07, 6.45) is 36.4. The second kappa shape index (κ2) is 37.0. The third kappa shape index (κ3) is 35.3. The van der Waals surface area contributed by atoms with Crippen molar-refractivity contribution in [2.75, 3.05) is 13.2 Å². The Morgan fingerprint density at radius 2 is 0.723 bits per heavy atom. The maximum Gasteiger partial charge on any atom is 0.306 e. The van der Waals surface area contributed by atoms with Crippen molar-refractivity contribution in [2.24, 2.45) is 0 Å². The van der Waals surface area contributed by atoms with Gasteiger partial charge >= 0.3 is 17.9 Å². The fourth-order valence-corrected chi connectivity index (χ4v) is 5.66. The highest BCUT2D eigenvalue weighted by Gasteiger charge is 2.19. The lowest BCUT2D eigenvalue weighted by molar-refractivity contribution is -0.167. The summed E-state index contributed by atoms with van der Waals surface area (Å²) in [5.74, 6) is -0.890. The lowest BCUT2D eigenvalue weighted by Gasteiger charge is -2.18. The third-order valence-corrected chi connectivity index (χ3v) is 8.77. The molecule has 0 saturated heterocycles. The Bertz CT molecular complexity index is 733. The van der Waals surface area contributed by atoms with Crippen LogP contribution in [0.2, 0.25) is 0 Å². The standard InChI is InChI=1S/C41H76O6/c1-4-7-10-13-16-18-20-22-23-25-28-31-34-40(43)46-37-38(36-45-39(42)33-30-27-15-12-9-6-3)47-41(44)35-32-29-26-24-21-19-17-14-11-8-5-2/h14,17,38H,4-13,15-16,18-37H2,1-3H3/b17-14-. The molecule has 47 heavy (non-hydrogen) atoms. The van der Waals surface area contributed by atoms with Crippen molar-refractivity contribution >= 4 is 17.9 Å². The van der Waals surface area contributed by atoms with Gasteiger partial charge in [-0.3, -0.25) is 14.4 Å². The van der Waals surface area contributed by atoms with Gasteiger partial charge in [0.15, 0.2) is 6.10 Å². The van der Waals surface area contributed by atoms with E-state index in [2.05, 4.69) is 32.9 Å². The Morgan fingerprint density at radius 1 is 0.404 bits per heavy atom. The van der Waals surface area contributed by atoms with Crippen LogP contribution in [0.5, 0.6) is 0 Å². The van der Waals surface area contributed by atoms with Gasteiger partial charge in [-0.05, 0) is 38.5 Å². The van der Waals surface area contributed by atoms with Gasteiger partial charge in [0.2, 0.25) is 0 Å². The van der Waals surface area contributed by atoms with Crippen LogP contribution in [0.1, 0.15) is 213 Å². The molecule has 0 rings (SSSR count). The SMILES string of the molecule is CCCC/C=C\CCCCCCCC(=O)OC(COC(=O)CCCCCCCC)COC(=O)CCCCCCCCCCCCCC.